The summed E-state index contributed by atoms with van der Waals surface area (Å²) in [7, 11) is 0. The van der Waals surface area contributed by atoms with Gasteiger partial charge < -0.3 is 10.4 Å². The summed E-state index contributed by atoms with van der Waals surface area (Å²) in [5.74, 6) is -2.24. The standard InChI is InChI=1S/C15H15F2N3O2/c16-11-5-4-9(8-12(11)17)20-13-3-1-2-10(13)14(19-20)15(22)18-6-7-21/h4-5,8,21H,1-3,6-7H2,(H,18,22). The minimum absolute atomic E-state index is 0.144. The summed E-state index contributed by atoms with van der Waals surface area (Å²) in [5.41, 5.74) is 2.35. The summed E-state index contributed by atoms with van der Waals surface area (Å²) in [6.45, 7) is -0.0105. The van der Waals surface area contributed by atoms with E-state index in [1.807, 2.05) is 0 Å². The Morgan fingerprint density at radius 2 is 2.14 bits per heavy atom. The molecule has 0 bridgehead atoms. The number of aromatic nitrogens is 2. The number of amides is 1. The quantitative estimate of drug-likeness (QED) is 0.896. The molecule has 116 valence electrons. The van der Waals surface area contributed by atoms with Gasteiger partial charge in [-0.1, -0.05) is 0 Å². The number of rotatable bonds is 4. The van der Waals surface area contributed by atoms with Gasteiger partial charge >= 0.3 is 0 Å². The minimum Gasteiger partial charge on any atom is -0.395 e. The molecule has 7 heteroatoms. The third-order valence-corrected chi connectivity index (χ3v) is 3.69. The first-order valence-corrected chi connectivity index (χ1v) is 7.07. The van der Waals surface area contributed by atoms with Crippen molar-refractivity contribution in [3.8, 4) is 5.69 Å². The Bertz CT molecular complexity index is 728. The molecule has 0 fully saturated rings. The van der Waals surface area contributed by atoms with Crippen LogP contribution < -0.4 is 5.32 Å². The number of hydrogen-bond acceptors (Lipinski definition) is 3. The lowest BCUT2D eigenvalue weighted by molar-refractivity contribution is 0.0938. The Morgan fingerprint density at radius 3 is 2.86 bits per heavy atom. The molecule has 1 aliphatic carbocycles. The minimum atomic E-state index is -0.953. The number of nitrogens with zero attached hydrogens (tertiary/aromatic N) is 2. The number of benzene rings is 1. The van der Waals surface area contributed by atoms with Gasteiger partial charge in [-0.25, -0.2) is 13.5 Å². The highest BCUT2D eigenvalue weighted by Gasteiger charge is 2.27. The van der Waals surface area contributed by atoms with Crippen LogP contribution in [-0.4, -0.2) is 33.9 Å². The molecular formula is C15H15F2N3O2. The molecule has 0 atom stereocenters. The van der Waals surface area contributed by atoms with Crippen molar-refractivity contribution in [1.29, 1.82) is 0 Å². The fourth-order valence-electron chi connectivity index (χ4n) is 2.70. The summed E-state index contributed by atoms with van der Waals surface area (Å²) in [5, 5.41) is 15.6. The summed E-state index contributed by atoms with van der Waals surface area (Å²) in [6, 6.07) is 3.54. The highest BCUT2D eigenvalue weighted by molar-refractivity contribution is 5.94. The number of carbonyl (C=O) groups is 1. The van der Waals surface area contributed by atoms with Crippen molar-refractivity contribution in [3.05, 3.63) is 46.8 Å². The number of halogens is 2. The Kier molecular flexibility index (Phi) is 3.89. The normalized spacial score (nSPS) is 13.2. The number of aliphatic hydroxyl groups excluding tert-OH is 1. The molecule has 1 aliphatic rings. The summed E-state index contributed by atoms with van der Waals surface area (Å²) >= 11 is 0. The molecule has 0 saturated carbocycles. The molecule has 0 unspecified atom stereocenters. The molecule has 1 aromatic heterocycles. The highest BCUT2D eigenvalue weighted by atomic mass is 19.2. The lowest BCUT2D eigenvalue weighted by atomic mass is 10.2. The molecule has 2 N–H and O–H groups in total. The van der Waals surface area contributed by atoms with Crippen LogP contribution in [0.3, 0.4) is 0 Å². The number of nitrogens with one attached hydrogen (secondary N) is 1. The predicted octanol–water partition coefficient (Wildman–Crippen LogP) is 1.36. The van der Waals surface area contributed by atoms with Crippen molar-refractivity contribution in [2.75, 3.05) is 13.2 Å². The zero-order valence-electron chi connectivity index (χ0n) is 11.8. The first-order chi connectivity index (χ1) is 10.6. The van der Waals surface area contributed by atoms with Crippen LogP contribution in [0.1, 0.15) is 28.2 Å². The van der Waals surface area contributed by atoms with Crippen molar-refractivity contribution in [2.24, 2.45) is 0 Å². The number of fused-ring (bicyclic) bond motifs is 1. The topological polar surface area (TPSA) is 67.2 Å². The van der Waals surface area contributed by atoms with Gasteiger partial charge in [-0.05, 0) is 31.4 Å². The van der Waals surface area contributed by atoms with E-state index in [2.05, 4.69) is 10.4 Å². The smallest absolute Gasteiger partial charge is 0.272 e. The summed E-state index contributed by atoms with van der Waals surface area (Å²) < 4.78 is 28.0. The number of aliphatic hydroxyl groups is 1. The monoisotopic (exact) mass is 307 g/mol. The van der Waals surface area contributed by atoms with Crippen LogP contribution in [0.15, 0.2) is 18.2 Å². The fraction of sp³-hybridized carbons (Fsp3) is 0.333. The van der Waals surface area contributed by atoms with E-state index in [0.29, 0.717) is 5.69 Å². The molecule has 1 heterocycles. The second-order valence-corrected chi connectivity index (χ2v) is 5.12. The predicted molar refractivity (Wildman–Crippen MR) is 74.9 cm³/mol. The largest absolute Gasteiger partial charge is 0.395 e. The molecule has 0 spiro atoms. The maximum absolute atomic E-state index is 13.4. The van der Waals surface area contributed by atoms with Crippen LogP contribution >= 0.6 is 0 Å². The van der Waals surface area contributed by atoms with Crippen LogP contribution in [0.25, 0.3) is 5.69 Å². The second-order valence-electron chi connectivity index (χ2n) is 5.12. The van der Waals surface area contributed by atoms with Gasteiger partial charge in [0.25, 0.3) is 5.91 Å². The molecule has 0 radical (unpaired) electrons. The van der Waals surface area contributed by atoms with Crippen molar-refractivity contribution in [2.45, 2.75) is 19.3 Å². The van der Waals surface area contributed by atoms with Gasteiger partial charge in [0, 0.05) is 23.9 Å². The van der Waals surface area contributed by atoms with Crippen LogP contribution in [-0.2, 0) is 12.8 Å². The van der Waals surface area contributed by atoms with E-state index in [1.54, 1.807) is 0 Å². The van der Waals surface area contributed by atoms with Gasteiger partial charge in [0.05, 0.1) is 12.3 Å². The fourth-order valence-corrected chi connectivity index (χ4v) is 2.70. The van der Waals surface area contributed by atoms with Gasteiger partial charge in [-0.15, -0.1) is 0 Å². The van der Waals surface area contributed by atoms with Gasteiger partial charge in [-0.3, -0.25) is 4.79 Å². The molecular weight excluding hydrogens is 292 g/mol. The average molecular weight is 307 g/mol. The van der Waals surface area contributed by atoms with E-state index in [9.17, 15) is 13.6 Å². The third kappa shape index (κ3) is 2.48. The molecule has 1 aromatic carbocycles. The maximum Gasteiger partial charge on any atom is 0.272 e. The van der Waals surface area contributed by atoms with Crippen molar-refractivity contribution < 1.29 is 18.7 Å². The second kappa shape index (κ2) is 5.84. The molecule has 3 rings (SSSR count). The van der Waals surface area contributed by atoms with Gasteiger partial charge in [-0.2, -0.15) is 5.10 Å². The van der Waals surface area contributed by atoms with Crippen molar-refractivity contribution in [1.82, 2.24) is 15.1 Å². The van der Waals surface area contributed by atoms with E-state index < -0.39 is 11.6 Å². The van der Waals surface area contributed by atoms with Crippen LogP contribution in [0.4, 0.5) is 8.78 Å². The zero-order valence-corrected chi connectivity index (χ0v) is 11.8. The SMILES string of the molecule is O=C(NCCO)c1nn(-c2ccc(F)c(F)c2)c2c1CCC2. The Labute approximate surface area is 125 Å². The average Bonchev–Trinajstić information content (AvgIpc) is 3.09. The molecule has 22 heavy (non-hydrogen) atoms. The lowest BCUT2D eigenvalue weighted by Gasteiger charge is -2.06. The Hall–Kier alpha value is -2.28. The molecule has 0 saturated heterocycles. The zero-order chi connectivity index (χ0) is 15.7. The molecule has 1 amide bonds. The van der Waals surface area contributed by atoms with Gasteiger partial charge in [0.15, 0.2) is 17.3 Å². The van der Waals surface area contributed by atoms with E-state index in [-0.39, 0.29) is 24.8 Å². The maximum atomic E-state index is 13.4. The number of carbonyl (C=O) groups excluding carboxylic acids is 1. The van der Waals surface area contributed by atoms with Crippen LogP contribution in [0.2, 0.25) is 0 Å². The Morgan fingerprint density at radius 1 is 1.32 bits per heavy atom. The first kappa shape index (κ1) is 14.6. The lowest BCUT2D eigenvalue weighted by Crippen LogP contribution is -2.27. The molecule has 5 nitrogen and oxygen atoms in total. The van der Waals surface area contributed by atoms with Crippen molar-refractivity contribution >= 4 is 5.91 Å². The Balaban J connectivity index is 2.02. The summed E-state index contributed by atoms with van der Waals surface area (Å²) in [4.78, 5) is 12.1. The van der Waals surface area contributed by atoms with E-state index in [0.717, 1.165) is 42.7 Å². The van der Waals surface area contributed by atoms with Crippen molar-refractivity contribution in [3.63, 3.8) is 0 Å². The number of hydrogen-bond donors (Lipinski definition) is 2. The highest BCUT2D eigenvalue weighted by Crippen LogP contribution is 2.28. The van der Waals surface area contributed by atoms with E-state index >= 15 is 0 Å². The first-order valence-electron chi connectivity index (χ1n) is 7.07. The molecule has 0 aliphatic heterocycles. The van der Waals surface area contributed by atoms with Gasteiger partial charge in [0.1, 0.15) is 0 Å². The van der Waals surface area contributed by atoms with Crippen LogP contribution in [0.5, 0.6) is 0 Å². The summed E-state index contributed by atoms with van der Waals surface area (Å²) in [6.07, 6.45) is 2.34. The third-order valence-electron chi connectivity index (χ3n) is 3.69. The van der Waals surface area contributed by atoms with Gasteiger partial charge in [0.2, 0.25) is 0 Å². The van der Waals surface area contributed by atoms with E-state index in [1.165, 1.54) is 10.7 Å². The molecule has 2 aromatic rings. The van der Waals surface area contributed by atoms with E-state index in [4.69, 9.17) is 5.11 Å². The van der Waals surface area contributed by atoms with Crippen LogP contribution in [0, 0.1) is 11.6 Å².